The maximum Gasteiger partial charge on any atom is 0.332 e. The molecule has 0 saturated carbocycles. The van der Waals surface area contributed by atoms with Gasteiger partial charge in [0.1, 0.15) is 13.2 Å². The van der Waals surface area contributed by atoms with Crippen LogP contribution in [0.1, 0.15) is 108 Å². The molecule has 4 heteroatoms. The number of aryl methyl sites for hydroxylation is 1. The molecule has 0 aromatic heterocycles. The Balaban J connectivity index is 2.31. The van der Waals surface area contributed by atoms with Gasteiger partial charge in [0.2, 0.25) is 0 Å². The molecule has 31 heavy (non-hydrogen) atoms. The average molecular weight is 435 g/mol. The number of carbonyl (C=O) groups excluding carboxylic acids is 1. The van der Waals surface area contributed by atoms with Crippen molar-refractivity contribution in [1.82, 2.24) is 0 Å². The van der Waals surface area contributed by atoms with Gasteiger partial charge in [0.15, 0.2) is 0 Å². The van der Waals surface area contributed by atoms with Crippen LogP contribution >= 0.6 is 0 Å². The van der Waals surface area contributed by atoms with E-state index >= 15 is 0 Å². The van der Waals surface area contributed by atoms with Crippen molar-refractivity contribution in [1.29, 1.82) is 0 Å². The smallest absolute Gasteiger partial charge is 0.332 e. The number of hydrogen-bond donors (Lipinski definition) is 1. The molecule has 4 nitrogen and oxygen atoms in total. The highest BCUT2D eigenvalue weighted by Gasteiger charge is 2.11. The van der Waals surface area contributed by atoms with E-state index in [9.17, 15) is 9.90 Å². The summed E-state index contributed by atoms with van der Waals surface area (Å²) >= 11 is 0. The maximum atomic E-state index is 12.1. The van der Waals surface area contributed by atoms with E-state index in [1.807, 2.05) is 25.1 Å². The third-order valence-electron chi connectivity index (χ3n) is 5.78. The molecule has 0 bridgehead atoms. The van der Waals surface area contributed by atoms with E-state index in [0.717, 1.165) is 16.7 Å². The molecule has 0 aliphatic rings. The van der Waals surface area contributed by atoms with Crippen molar-refractivity contribution in [3.8, 4) is 0 Å². The van der Waals surface area contributed by atoms with Gasteiger partial charge in [-0.1, -0.05) is 102 Å². The molecular formula is C27H46O4. The normalized spacial score (nSPS) is 12.1. The fraction of sp³-hybridized carbons (Fsp3) is 0.741. The van der Waals surface area contributed by atoms with Crippen LogP contribution in [0.15, 0.2) is 18.2 Å². The Hall–Kier alpha value is -1.39. The second-order valence-electron chi connectivity index (χ2n) is 8.93. The van der Waals surface area contributed by atoms with Crippen molar-refractivity contribution in [2.45, 2.75) is 111 Å². The Morgan fingerprint density at radius 1 is 0.871 bits per heavy atom. The highest BCUT2D eigenvalue weighted by molar-refractivity contribution is 5.70. The van der Waals surface area contributed by atoms with Crippen LogP contribution in [-0.2, 0) is 27.5 Å². The van der Waals surface area contributed by atoms with Gasteiger partial charge in [-0.3, -0.25) is 0 Å². The van der Waals surface area contributed by atoms with Gasteiger partial charge in [-0.2, -0.15) is 0 Å². The third kappa shape index (κ3) is 14.3. The molecule has 0 spiro atoms. The summed E-state index contributed by atoms with van der Waals surface area (Å²) in [4.78, 5) is 12.1. The van der Waals surface area contributed by atoms with Gasteiger partial charge in [0.25, 0.3) is 0 Å². The van der Waals surface area contributed by atoms with E-state index in [-0.39, 0.29) is 25.8 Å². The number of esters is 1. The summed E-state index contributed by atoms with van der Waals surface area (Å²) in [6, 6.07) is 5.77. The fourth-order valence-corrected chi connectivity index (χ4v) is 4.02. The monoisotopic (exact) mass is 434 g/mol. The first-order valence-corrected chi connectivity index (χ1v) is 12.5. The number of hydrogen-bond acceptors (Lipinski definition) is 4. The Kier molecular flexibility index (Phi) is 16.2. The second-order valence-corrected chi connectivity index (χ2v) is 8.93. The molecular weight excluding hydrogens is 388 g/mol. The molecule has 0 aliphatic heterocycles. The lowest BCUT2D eigenvalue weighted by molar-refractivity contribution is -0.150. The van der Waals surface area contributed by atoms with E-state index in [0.29, 0.717) is 12.5 Å². The van der Waals surface area contributed by atoms with E-state index in [2.05, 4.69) is 13.8 Å². The number of unbranched alkanes of at least 4 members (excludes halogenated alkanes) is 8. The van der Waals surface area contributed by atoms with Crippen molar-refractivity contribution >= 4 is 5.97 Å². The number of benzene rings is 1. The first-order chi connectivity index (χ1) is 15.1. The van der Waals surface area contributed by atoms with Crippen LogP contribution in [-0.4, -0.2) is 24.3 Å². The Morgan fingerprint density at radius 2 is 1.45 bits per heavy atom. The van der Waals surface area contributed by atoms with Crippen molar-refractivity contribution in [2.24, 2.45) is 5.92 Å². The van der Waals surface area contributed by atoms with Crippen LogP contribution in [0.4, 0.5) is 0 Å². The minimum Gasteiger partial charge on any atom is -0.459 e. The Morgan fingerprint density at radius 3 is 2.10 bits per heavy atom. The van der Waals surface area contributed by atoms with E-state index < -0.39 is 0 Å². The molecule has 1 N–H and O–H groups in total. The zero-order valence-electron chi connectivity index (χ0n) is 20.3. The second kappa shape index (κ2) is 18.2. The fourth-order valence-electron chi connectivity index (χ4n) is 4.02. The van der Waals surface area contributed by atoms with Gasteiger partial charge in [0, 0.05) is 0 Å². The topological polar surface area (TPSA) is 55.8 Å². The maximum absolute atomic E-state index is 12.1. The quantitative estimate of drug-likeness (QED) is 0.190. The summed E-state index contributed by atoms with van der Waals surface area (Å²) in [6.07, 6.45) is 15.4. The largest absolute Gasteiger partial charge is 0.459 e. The molecule has 0 heterocycles. The lowest BCUT2D eigenvalue weighted by atomic mass is 9.95. The van der Waals surface area contributed by atoms with Crippen LogP contribution in [0.2, 0.25) is 0 Å². The predicted molar refractivity (Wildman–Crippen MR) is 128 cm³/mol. The zero-order valence-corrected chi connectivity index (χ0v) is 20.3. The van der Waals surface area contributed by atoms with Crippen LogP contribution in [0, 0.1) is 12.8 Å². The van der Waals surface area contributed by atoms with Crippen molar-refractivity contribution in [2.75, 3.05) is 13.2 Å². The predicted octanol–water partition coefficient (Wildman–Crippen LogP) is 6.88. The summed E-state index contributed by atoms with van der Waals surface area (Å²) in [7, 11) is 0. The third-order valence-corrected chi connectivity index (χ3v) is 5.78. The number of ether oxygens (including phenoxy) is 2. The SMILES string of the molecule is CCCCCCCCC(CCCCCC)COCC(=O)OCc1cc(C)cc(CO)c1. The highest BCUT2D eigenvalue weighted by Crippen LogP contribution is 2.19. The van der Waals surface area contributed by atoms with Gasteiger partial charge in [-0.25, -0.2) is 4.79 Å². The van der Waals surface area contributed by atoms with E-state index in [1.165, 1.54) is 77.0 Å². The number of carbonyl (C=O) groups is 1. The summed E-state index contributed by atoms with van der Waals surface area (Å²) in [6.45, 7) is 7.33. The van der Waals surface area contributed by atoms with Crippen molar-refractivity contribution < 1.29 is 19.4 Å². The average Bonchev–Trinajstić information content (AvgIpc) is 2.76. The van der Waals surface area contributed by atoms with Gasteiger partial charge < -0.3 is 14.6 Å². The first-order valence-electron chi connectivity index (χ1n) is 12.5. The molecule has 0 radical (unpaired) electrons. The Bertz CT molecular complexity index is 585. The van der Waals surface area contributed by atoms with Gasteiger partial charge in [0.05, 0.1) is 13.2 Å². The number of aliphatic hydroxyl groups is 1. The molecule has 1 rings (SSSR count). The molecule has 0 amide bonds. The molecule has 1 atom stereocenters. The van der Waals surface area contributed by atoms with Gasteiger partial charge in [-0.15, -0.1) is 0 Å². The molecule has 1 aromatic rings. The molecule has 0 saturated heterocycles. The van der Waals surface area contributed by atoms with Crippen LogP contribution < -0.4 is 0 Å². The number of rotatable bonds is 19. The van der Waals surface area contributed by atoms with Gasteiger partial charge in [-0.05, 0) is 36.8 Å². The van der Waals surface area contributed by atoms with Crippen molar-refractivity contribution in [3.63, 3.8) is 0 Å². The van der Waals surface area contributed by atoms with E-state index in [1.54, 1.807) is 0 Å². The van der Waals surface area contributed by atoms with Crippen LogP contribution in [0.25, 0.3) is 0 Å². The minimum atomic E-state index is -0.323. The highest BCUT2D eigenvalue weighted by atomic mass is 16.6. The standard InChI is InChI=1S/C27H46O4/c1-4-6-8-10-11-13-15-24(14-12-9-7-5-2)20-30-22-27(29)31-21-26-17-23(3)16-25(18-26)19-28/h16-18,24,28H,4-15,19-22H2,1-3H3. The van der Waals surface area contributed by atoms with Crippen LogP contribution in [0.5, 0.6) is 0 Å². The first kappa shape index (κ1) is 27.6. The molecule has 178 valence electrons. The number of aliphatic hydroxyl groups excluding tert-OH is 1. The lowest BCUT2D eigenvalue weighted by Gasteiger charge is -2.17. The molecule has 0 aliphatic carbocycles. The summed E-state index contributed by atoms with van der Waals surface area (Å²) in [5.74, 6) is 0.219. The van der Waals surface area contributed by atoms with Crippen molar-refractivity contribution in [3.05, 3.63) is 34.9 Å². The van der Waals surface area contributed by atoms with Crippen LogP contribution in [0.3, 0.4) is 0 Å². The summed E-state index contributed by atoms with van der Waals surface area (Å²) in [5, 5.41) is 9.31. The van der Waals surface area contributed by atoms with Gasteiger partial charge >= 0.3 is 5.97 Å². The Labute approximate surface area is 190 Å². The minimum absolute atomic E-state index is 0.00993. The molecule has 0 fully saturated rings. The summed E-state index contributed by atoms with van der Waals surface area (Å²) < 4.78 is 11.1. The molecule has 1 unspecified atom stereocenters. The lowest BCUT2D eigenvalue weighted by Crippen LogP contribution is -2.17. The van der Waals surface area contributed by atoms with E-state index in [4.69, 9.17) is 9.47 Å². The molecule has 1 aromatic carbocycles. The summed E-state index contributed by atoms with van der Waals surface area (Å²) in [5.41, 5.74) is 2.78. The zero-order chi connectivity index (χ0) is 22.7.